The maximum absolute atomic E-state index is 5.29. The first-order valence-corrected chi connectivity index (χ1v) is 10.6. The number of nitrogens with zero attached hydrogens (tertiary/aromatic N) is 3. The Labute approximate surface area is 174 Å². The van der Waals surface area contributed by atoms with Gasteiger partial charge in [0.15, 0.2) is 5.96 Å². The molecule has 2 heterocycles. The van der Waals surface area contributed by atoms with Crippen molar-refractivity contribution in [2.24, 2.45) is 4.99 Å². The number of hydrogen-bond donors (Lipinski definition) is 2. The minimum atomic E-state index is 0.598. The summed E-state index contributed by atoms with van der Waals surface area (Å²) in [6, 6.07) is 12.3. The molecule has 1 fully saturated rings. The summed E-state index contributed by atoms with van der Waals surface area (Å²) in [7, 11) is 1.68. The van der Waals surface area contributed by atoms with Crippen molar-refractivity contribution in [1.82, 2.24) is 15.6 Å². The lowest BCUT2D eigenvalue weighted by Crippen LogP contribution is -2.36. The number of guanidine groups is 1. The van der Waals surface area contributed by atoms with Gasteiger partial charge in [-0.1, -0.05) is 31.0 Å². The monoisotopic (exact) mass is 395 g/mol. The summed E-state index contributed by atoms with van der Waals surface area (Å²) in [4.78, 5) is 11.8. The molecule has 6 heteroatoms. The van der Waals surface area contributed by atoms with E-state index >= 15 is 0 Å². The molecule has 2 aromatic rings. The first-order chi connectivity index (χ1) is 14.3. The van der Waals surface area contributed by atoms with Crippen molar-refractivity contribution in [2.45, 2.75) is 45.7 Å². The summed E-state index contributed by atoms with van der Waals surface area (Å²) in [6.45, 7) is 6.40. The van der Waals surface area contributed by atoms with E-state index in [1.54, 1.807) is 7.11 Å². The lowest BCUT2D eigenvalue weighted by Gasteiger charge is -2.21. The highest BCUT2D eigenvalue weighted by Crippen LogP contribution is 2.17. The molecule has 1 saturated heterocycles. The van der Waals surface area contributed by atoms with Crippen LogP contribution in [0.15, 0.2) is 47.6 Å². The van der Waals surface area contributed by atoms with Gasteiger partial charge in [-0.05, 0) is 49.1 Å². The standard InChI is InChI=1S/C23H33N5O/c1-3-24-23(26-16-19-9-8-10-21(15-19)29-2)27-18-20-11-12-22(25-17-20)28-13-6-4-5-7-14-28/h8-12,15,17H,3-7,13-14,16,18H2,1-2H3,(H2,24,26,27). The van der Waals surface area contributed by atoms with Gasteiger partial charge < -0.3 is 20.3 Å². The SMILES string of the molecule is CCNC(=NCc1ccc(N2CCCCCC2)nc1)NCc1cccc(OC)c1. The van der Waals surface area contributed by atoms with Crippen LogP contribution < -0.4 is 20.3 Å². The topological polar surface area (TPSA) is 61.8 Å². The molecule has 0 saturated carbocycles. The van der Waals surface area contributed by atoms with Gasteiger partial charge >= 0.3 is 0 Å². The zero-order valence-electron chi connectivity index (χ0n) is 17.7. The van der Waals surface area contributed by atoms with E-state index in [1.807, 2.05) is 24.4 Å². The van der Waals surface area contributed by atoms with E-state index in [1.165, 1.54) is 25.7 Å². The Bertz CT molecular complexity index is 767. The molecule has 156 valence electrons. The average Bonchev–Trinajstić information content (AvgIpc) is 3.06. The van der Waals surface area contributed by atoms with Crippen LogP contribution in [0.25, 0.3) is 0 Å². The number of benzene rings is 1. The Hall–Kier alpha value is -2.76. The van der Waals surface area contributed by atoms with Gasteiger partial charge in [0.2, 0.25) is 0 Å². The molecule has 0 aliphatic carbocycles. The van der Waals surface area contributed by atoms with Crippen LogP contribution in [0.5, 0.6) is 5.75 Å². The number of ether oxygens (including phenoxy) is 1. The Balaban J connectivity index is 1.57. The average molecular weight is 396 g/mol. The smallest absolute Gasteiger partial charge is 0.191 e. The van der Waals surface area contributed by atoms with Crippen molar-refractivity contribution in [3.05, 3.63) is 53.7 Å². The third-order valence-electron chi connectivity index (χ3n) is 5.10. The predicted molar refractivity (Wildman–Crippen MR) is 120 cm³/mol. The molecule has 29 heavy (non-hydrogen) atoms. The van der Waals surface area contributed by atoms with Gasteiger partial charge in [-0.2, -0.15) is 0 Å². The maximum atomic E-state index is 5.29. The second-order valence-corrected chi connectivity index (χ2v) is 7.33. The molecule has 0 unspecified atom stereocenters. The summed E-state index contributed by atoms with van der Waals surface area (Å²) in [5.41, 5.74) is 2.26. The van der Waals surface area contributed by atoms with Crippen molar-refractivity contribution in [2.75, 3.05) is 31.6 Å². The molecule has 6 nitrogen and oxygen atoms in total. The Morgan fingerprint density at radius 3 is 2.59 bits per heavy atom. The summed E-state index contributed by atoms with van der Waals surface area (Å²) < 4.78 is 5.29. The molecular formula is C23H33N5O. The number of nitrogens with one attached hydrogen (secondary N) is 2. The number of aliphatic imine (C=N–C) groups is 1. The molecule has 0 amide bonds. The van der Waals surface area contributed by atoms with Crippen LogP contribution in [0.3, 0.4) is 0 Å². The van der Waals surface area contributed by atoms with Crippen molar-refractivity contribution in [3.63, 3.8) is 0 Å². The molecule has 0 atom stereocenters. The van der Waals surface area contributed by atoms with Crippen molar-refractivity contribution >= 4 is 11.8 Å². The Kier molecular flexibility index (Phi) is 8.16. The van der Waals surface area contributed by atoms with Gasteiger partial charge in [0.25, 0.3) is 0 Å². The fourth-order valence-corrected chi connectivity index (χ4v) is 3.48. The fraction of sp³-hybridized carbons (Fsp3) is 0.478. The highest BCUT2D eigenvalue weighted by Gasteiger charge is 2.10. The molecule has 2 N–H and O–H groups in total. The van der Waals surface area contributed by atoms with E-state index < -0.39 is 0 Å². The Morgan fingerprint density at radius 1 is 1.07 bits per heavy atom. The zero-order chi connectivity index (χ0) is 20.3. The molecule has 0 bridgehead atoms. The van der Waals surface area contributed by atoms with Crippen LogP contribution in [0.2, 0.25) is 0 Å². The first-order valence-electron chi connectivity index (χ1n) is 10.6. The number of methoxy groups -OCH3 is 1. The highest BCUT2D eigenvalue weighted by molar-refractivity contribution is 5.79. The zero-order valence-corrected chi connectivity index (χ0v) is 17.7. The van der Waals surface area contributed by atoms with Crippen molar-refractivity contribution in [1.29, 1.82) is 0 Å². The van der Waals surface area contributed by atoms with E-state index in [-0.39, 0.29) is 0 Å². The van der Waals surface area contributed by atoms with Gasteiger partial charge in [-0.3, -0.25) is 0 Å². The van der Waals surface area contributed by atoms with Crippen molar-refractivity contribution < 1.29 is 4.74 Å². The lowest BCUT2D eigenvalue weighted by atomic mass is 10.2. The molecule has 1 aromatic heterocycles. The highest BCUT2D eigenvalue weighted by atomic mass is 16.5. The molecule has 1 aromatic carbocycles. The van der Waals surface area contributed by atoms with Crippen LogP contribution in [0.1, 0.15) is 43.7 Å². The van der Waals surface area contributed by atoms with Crippen LogP contribution >= 0.6 is 0 Å². The maximum Gasteiger partial charge on any atom is 0.191 e. The van der Waals surface area contributed by atoms with Gasteiger partial charge in [-0.15, -0.1) is 0 Å². The number of pyridine rings is 1. The molecule has 1 aliphatic rings. The quantitative estimate of drug-likeness (QED) is 0.553. The normalized spacial score (nSPS) is 15.0. The predicted octanol–water partition coefficient (Wildman–Crippen LogP) is 3.73. The van der Waals surface area contributed by atoms with E-state index in [2.05, 4.69) is 45.6 Å². The number of rotatable bonds is 7. The second kappa shape index (κ2) is 11.3. The molecular weight excluding hydrogens is 362 g/mol. The van der Waals surface area contributed by atoms with Crippen LogP contribution in [0.4, 0.5) is 5.82 Å². The Morgan fingerprint density at radius 2 is 1.90 bits per heavy atom. The van der Waals surface area contributed by atoms with Crippen molar-refractivity contribution in [3.8, 4) is 5.75 Å². The molecule has 1 aliphatic heterocycles. The van der Waals surface area contributed by atoms with Gasteiger partial charge in [-0.25, -0.2) is 9.98 Å². The van der Waals surface area contributed by atoms with Crippen LogP contribution in [-0.4, -0.2) is 37.7 Å². The lowest BCUT2D eigenvalue weighted by molar-refractivity contribution is 0.414. The minimum absolute atomic E-state index is 0.598. The van der Waals surface area contributed by atoms with Gasteiger partial charge in [0.05, 0.1) is 13.7 Å². The van der Waals surface area contributed by atoms with Crippen LogP contribution in [-0.2, 0) is 13.1 Å². The third-order valence-corrected chi connectivity index (χ3v) is 5.10. The van der Waals surface area contributed by atoms with E-state index in [0.29, 0.717) is 13.1 Å². The molecule has 3 rings (SSSR count). The van der Waals surface area contributed by atoms with Gasteiger partial charge in [0, 0.05) is 32.4 Å². The number of hydrogen-bond acceptors (Lipinski definition) is 4. The van der Waals surface area contributed by atoms with E-state index in [9.17, 15) is 0 Å². The first kappa shape index (κ1) is 21.0. The van der Waals surface area contributed by atoms with Gasteiger partial charge in [0.1, 0.15) is 11.6 Å². The minimum Gasteiger partial charge on any atom is -0.497 e. The van der Waals surface area contributed by atoms with E-state index in [4.69, 9.17) is 9.73 Å². The summed E-state index contributed by atoms with van der Waals surface area (Å²) >= 11 is 0. The molecule has 0 radical (unpaired) electrons. The number of aromatic nitrogens is 1. The second-order valence-electron chi connectivity index (χ2n) is 7.33. The summed E-state index contributed by atoms with van der Waals surface area (Å²) in [5, 5.41) is 6.68. The molecule has 0 spiro atoms. The number of anilines is 1. The summed E-state index contributed by atoms with van der Waals surface area (Å²) in [5.74, 6) is 2.75. The third kappa shape index (κ3) is 6.66. The van der Waals surface area contributed by atoms with E-state index in [0.717, 1.165) is 48.3 Å². The largest absolute Gasteiger partial charge is 0.497 e. The fourth-order valence-electron chi connectivity index (χ4n) is 3.48. The summed E-state index contributed by atoms with van der Waals surface area (Å²) in [6.07, 6.45) is 7.14. The van der Waals surface area contributed by atoms with Crippen LogP contribution in [0, 0.1) is 0 Å².